The molecule has 0 bridgehead atoms. The average Bonchev–Trinajstić information content (AvgIpc) is 2.68. The van der Waals surface area contributed by atoms with Gasteiger partial charge < -0.3 is 15.0 Å². The van der Waals surface area contributed by atoms with Gasteiger partial charge in [-0.1, -0.05) is 61.4 Å². The molecular weight excluding hydrogens is 376 g/mol. The first-order valence-electron chi connectivity index (χ1n) is 10.5. The van der Waals surface area contributed by atoms with Gasteiger partial charge in [-0.15, -0.1) is 0 Å². The Kier molecular flexibility index (Phi) is 8.46. The molecule has 2 amide bonds. The summed E-state index contributed by atoms with van der Waals surface area (Å²) in [5, 5.41) is 2.93. The molecule has 1 N–H and O–H groups in total. The van der Waals surface area contributed by atoms with Crippen LogP contribution in [0.4, 0.5) is 0 Å². The fraction of sp³-hybridized carbons (Fsp3) is 0.440. The minimum atomic E-state index is -0.598. The van der Waals surface area contributed by atoms with Crippen LogP contribution in [0.5, 0.6) is 5.75 Å². The zero-order valence-electron chi connectivity index (χ0n) is 19.0. The van der Waals surface area contributed by atoms with Crippen molar-refractivity contribution in [3.63, 3.8) is 0 Å². The number of hydrogen-bond donors (Lipinski definition) is 1. The number of carbonyl (C=O) groups is 2. The van der Waals surface area contributed by atoms with Crippen molar-refractivity contribution in [1.29, 1.82) is 0 Å². The van der Waals surface area contributed by atoms with Crippen molar-refractivity contribution in [2.24, 2.45) is 5.92 Å². The fourth-order valence-electron chi connectivity index (χ4n) is 3.23. The van der Waals surface area contributed by atoms with Gasteiger partial charge in [-0.3, -0.25) is 9.59 Å². The van der Waals surface area contributed by atoms with E-state index in [2.05, 4.69) is 5.32 Å². The van der Waals surface area contributed by atoms with Crippen molar-refractivity contribution >= 4 is 11.8 Å². The summed E-state index contributed by atoms with van der Waals surface area (Å²) in [6, 6.07) is 13.2. The largest absolute Gasteiger partial charge is 0.483 e. The molecule has 0 saturated heterocycles. The van der Waals surface area contributed by atoms with E-state index in [0.717, 1.165) is 22.3 Å². The number of nitrogens with one attached hydrogen (secondary N) is 1. The van der Waals surface area contributed by atoms with E-state index in [0.29, 0.717) is 24.8 Å². The number of amides is 2. The highest BCUT2D eigenvalue weighted by atomic mass is 16.5. The molecule has 0 aromatic heterocycles. The molecule has 2 rings (SSSR count). The molecule has 0 saturated carbocycles. The van der Waals surface area contributed by atoms with Crippen LogP contribution in [0.1, 0.15) is 43.0 Å². The summed E-state index contributed by atoms with van der Waals surface area (Å²) in [7, 11) is 0. The first-order chi connectivity index (χ1) is 14.2. The number of aryl methyl sites for hydroxylation is 3. The minimum Gasteiger partial charge on any atom is -0.483 e. The summed E-state index contributed by atoms with van der Waals surface area (Å²) in [6.45, 7) is 12.6. The maximum Gasteiger partial charge on any atom is 0.261 e. The lowest BCUT2D eigenvalue weighted by molar-refractivity contribution is -0.142. The van der Waals surface area contributed by atoms with Crippen molar-refractivity contribution in [3.05, 3.63) is 64.7 Å². The fourth-order valence-corrected chi connectivity index (χ4v) is 3.23. The van der Waals surface area contributed by atoms with Gasteiger partial charge in [0, 0.05) is 13.1 Å². The highest BCUT2D eigenvalue weighted by molar-refractivity contribution is 5.88. The van der Waals surface area contributed by atoms with Crippen LogP contribution < -0.4 is 10.1 Å². The Morgan fingerprint density at radius 3 is 2.33 bits per heavy atom. The molecule has 1 atom stereocenters. The Labute approximate surface area is 180 Å². The summed E-state index contributed by atoms with van der Waals surface area (Å²) in [5.41, 5.74) is 4.22. The average molecular weight is 411 g/mol. The quantitative estimate of drug-likeness (QED) is 0.675. The lowest BCUT2D eigenvalue weighted by Crippen LogP contribution is -2.49. The molecule has 0 aliphatic carbocycles. The third-order valence-corrected chi connectivity index (χ3v) is 4.97. The normalized spacial score (nSPS) is 11.8. The van der Waals surface area contributed by atoms with E-state index in [1.165, 1.54) is 0 Å². The molecule has 0 aliphatic rings. The minimum absolute atomic E-state index is 0.114. The van der Waals surface area contributed by atoms with Gasteiger partial charge in [-0.05, 0) is 50.8 Å². The molecule has 2 aromatic rings. The molecule has 2 aromatic carbocycles. The van der Waals surface area contributed by atoms with Gasteiger partial charge >= 0.3 is 0 Å². The monoisotopic (exact) mass is 410 g/mol. The van der Waals surface area contributed by atoms with Crippen LogP contribution in [-0.4, -0.2) is 35.9 Å². The van der Waals surface area contributed by atoms with Gasteiger partial charge in [-0.25, -0.2) is 0 Å². The molecular formula is C25H34N2O3. The van der Waals surface area contributed by atoms with Crippen LogP contribution in [0.2, 0.25) is 0 Å². The first-order valence-corrected chi connectivity index (χ1v) is 10.5. The van der Waals surface area contributed by atoms with Crippen molar-refractivity contribution in [3.8, 4) is 5.75 Å². The second kappa shape index (κ2) is 10.8. The van der Waals surface area contributed by atoms with E-state index in [-0.39, 0.29) is 18.4 Å². The van der Waals surface area contributed by atoms with Crippen molar-refractivity contribution in [1.82, 2.24) is 10.2 Å². The van der Waals surface area contributed by atoms with Crippen molar-refractivity contribution < 1.29 is 14.3 Å². The Balaban J connectivity index is 2.15. The number of ether oxygens (including phenoxy) is 1. The molecule has 5 nitrogen and oxygen atoms in total. The van der Waals surface area contributed by atoms with E-state index < -0.39 is 6.04 Å². The molecule has 0 aliphatic heterocycles. The lowest BCUT2D eigenvalue weighted by atomic mass is 10.1. The summed E-state index contributed by atoms with van der Waals surface area (Å²) >= 11 is 0. The van der Waals surface area contributed by atoms with Gasteiger partial charge in [0.1, 0.15) is 11.8 Å². The Morgan fingerprint density at radius 1 is 1.00 bits per heavy atom. The second-order valence-corrected chi connectivity index (χ2v) is 8.38. The van der Waals surface area contributed by atoms with E-state index in [4.69, 9.17) is 4.74 Å². The van der Waals surface area contributed by atoms with Gasteiger partial charge in [0.05, 0.1) is 0 Å². The summed E-state index contributed by atoms with van der Waals surface area (Å²) in [6.07, 6.45) is 0. The van der Waals surface area contributed by atoms with Crippen LogP contribution in [0, 0.1) is 26.7 Å². The number of rotatable bonds is 9. The zero-order valence-corrected chi connectivity index (χ0v) is 19.0. The third kappa shape index (κ3) is 6.90. The second-order valence-electron chi connectivity index (χ2n) is 8.38. The van der Waals surface area contributed by atoms with Gasteiger partial charge in [-0.2, -0.15) is 0 Å². The standard InChI is InChI=1S/C25H34N2O3/c1-17(2)14-26-25(29)21(6)27(15-22-9-7-8-18(3)13-22)24(28)16-30-23-11-10-19(4)12-20(23)5/h7-13,17,21H,14-16H2,1-6H3,(H,26,29). The summed E-state index contributed by atoms with van der Waals surface area (Å²) in [5.74, 6) is 0.649. The number of carbonyl (C=O) groups excluding carboxylic acids is 2. The van der Waals surface area contributed by atoms with Gasteiger partial charge in [0.15, 0.2) is 6.61 Å². The van der Waals surface area contributed by atoms with Crippen molar-refractivity contribution in [2.75, 3.05) is 13.2 Å². The van der Waals surface area contributed by atoms with Gasteiger partial charge in [0.2, 0.25) is 5.91 Å². The number of hydrogen-bond acceptors (Lipinski definition) is 3. The zero-order chi connectivity index (χ0) is 22.3. The predicted molar refractivity (Wildman–Crippen MR) is 120 cm³/mol. The molecule has 162 valence electrons. The SMILES string of the molecule is Cc1cccc(CN(C(=O)COc2ccc(C)cc2C)C(C)C(=O)NCC(C)C)c1. The number of nitrogens with zero attached hydrogens (tertiary/aromatic N) is 1. The van der Waals surface area contributed by atoms with E-state index in [9.17, 15) is 9.59 Å². The molecule has 1 unspecified atom stereocenters. The van der Waals surface area contributed by atoms with Crippen LogP contribution in [0.15, 0.2) is 42.5 Å². The highest BCUT2D eigenvalue weighted by Gasteiger charge is 2.26. The summed E-state index contributed by atoms with van der Waals surface area (Å²) < 4.78 is 5.80. The third-order valence-electron chi connectivity index (χ3n) is 4.97. The first kappa shape index (κ1) is 23.5. The van der Waals surface area contributed by atoms with Crippen LogP contribution in [0.25, 0.3) is 0 Å². The molecule has 0 radical (unpaired) electrons. The van der Waals surface area contributed by atoms with Crippen LogP contribution in [-0.2, 0) is 16.1 Å². The Bertz CT molecular complexity index is 876. The maximum atomic E-state index is 13.1. The smallest absolute Gasteiger partial charge is 0.261 e. The van der Waals surface area contributed by atoms with E-state index >= 15 is 0 Å². The van der Waals surface area contributed by atoms with Crippen molar-refractivity contribution in [2.45, 2.75) is 54.1 Å². The molecule has 5 heteroatoms. The lowest BCUT2D eigenvalue weighted by Gasteiger charge is -2.29. The van der Waals surface area contributed by atoms with E-state index in [1.54, 1.807) is 11.8 Å². The van der Waals surface area contributed by atoms with E-state index in [1.807, 2.05) is 77.1 Å². The highest BCUT2D eigenvalue weighted by Crippen LogP contribution is 2.19. The Hall–Kier alpha value is -2.82. The Morgan fingerprint density at radius 2 is 1.70 bits per heavy atom. The van der Waals surface area contributed by atoms with Crippen LogP contribution >= 0.6 is 0 Å². The maximum absolute atomic E-state index is 13.1. The number of benzene rings is 2. The topological polar surface area (TPSA) is 58.6 Å². The summed E-state index contributed by atoms with van der Waals surface area (Å²) in [4.78, 5) is 27.4. The molecule has 0 spiro atoms. The molecule has 0 heterocycles. The van der Waals surface area contributed by atoms with Gasteiger partial charge in [0.25, 0.3) is 5.91 Å². The predicted octanol–water partition coefficient (Wildman–Crippen LogP) is 4.18. The molecule has 0 fully saturated rings. The molecule has 30 heavy (non-hydrogen) atoms. The van der Waals surface area contributed by atoms with Crippen LogP contribution in [0.3, 0.4) is 0 Å².